The van der Waals surface area contributed by atoms with Crippen molar-refractivity contribution in [2.24, 2.45) is 5.73 Å². The van der Waals surface area contributed by atoms with E-state index in [4.69, 9.17) is 15.7 Å². The second-order valence-electron chi connectivity index (χ2n) is 6.10. The molecule has 0 aliphatic heterocycles. The number of benzene rings is 3. The summed E-state index contributed by atoms with van der Waals surface area (Å²) in [7, 11) is 0. The summed E-state index contributed by atoms with van der Waals surface area (Å²) in [6, 6.07) is 19.0. The average molecular weight is 330 g/mol. The lowest BCUT2D eigenvalue weighted by Crippen LogP contribution is -2.15. The highest BCUT2D eigenvalue weighted by Gasteiger charge is 2.14. The van der Waals surface area contributed by atoms with E-state index in [1.807, 2.05) is 50.2 Å². The van der Waals surface area contributed by atoms with E-state index in [1.165, 1.54) is 0 Å². The molecule has 25 heavy (non-hydrogen) atoms. The number of nitriles is 1. The Morgan fingerprint density at radius 3 is 2.44 bits per heavy atom. The zero-order valence-electron chi connectivity index (χ0n) is 14.1. The van der Waals surface area contributed by atoms with Gasteiger partial charge in [0.2, 0.25) is 0 Å². The van der Waals surface area contributed by atoms with Gasteiger partial charge in [-0.25, -0.2) is 0 Å². The van der Waals surface area contributed by atoms with Crippen LogP contribution in [0.2, 0.25) is 0 Å². The number of rotatable bonds is 4. The number of hydrogen-bond donors (Lipinski definition) is 1. The van der Waals surface area contributed by atoms with Crippen LogP contribution >= 0.6 is 0 Å². The van der Waals surface area contributed by atoms with Crippen LogP contribution in [-0.2, 0) is 0 Å². The molecular formula is C21H18N2O2. The number of primary amides is 1. The van der Waals surface area contributed by atoms with E-state index >= 15 is 0 Å². The molecule has 0 saturated heterocycles. The van der Waals surface area contributed by atoms with Gasteiger partial charge in [-0.1, -0.05) is 30.3 Å². The van der Waals surface area contributed by atoms with Gasteiger partial charge in [-0.2, -0.15) is 5.26 Å². The third-order valence-electron chi connectivity index (χ3n) is 3.93. The number of fused-ring (bicyclic) bond motifs is 1. The Morgan fingerprint density at radius 2 is 1.84 bits per heavy atom. The van der Waals surface area contributed by atoms with Gasteiger partial charge in [-0.05, 0) is 60.0 Å². The smallest absolute Gasteiger partial charge is 0.252 e. The Bertz CT molecular complexity index is 983. The van der Waals surface area contributed by atoms with Gasteiger partial charge in [0.1, 0.15) is 5.75 Å². The van der Waals surface area contributed by atoms with Crippen LogP contribution in [0.15, 0.2) is 54.6 Å². The Morgan fingerprint density at radius 1 is 1.12 bits per heavy atom. The van der Waals surface area contributed by atoms with Crippen molar-refractivity contribution >= 4 is 16.7 Å². The van der Waals surface area contributed by atoms with Gasteiger partial charge in [0.25, 0.3) is 5.91 Å². The molecule has 0 aromatic heterocycles. The van der Waals surface area contributed by atoms with Crippen molar-refractivity contribution in [1.29, 1.82) is 5.26 Å². The Kier molecular flexibility index (Phi) is 4.40. The SMILES string of the molecule is CC(C)Oc1cc2c(-c3ccc(C#N)cc3)cccc2cc1C(N)=O. The van der Waals surface area contributed by atoms with Crippen molar-refractivity contribution in [2.45, 2.75) is 20.0 Å². The standard InChI is InChI=1S/C21H18N2O2/c1-13(2)25-20-11-18-16(10-19(20)21(23)24)4-3-5-17(18)15-8-6-14(12-22)7-9-15/h3-11,13H,1-2H3,(H2,23,24). The quantitative estimate of drug-likeness (QED) is 0.776. The normalized spacial score (nSPS) is 10.6. The topological polar surface area (TPSA) is 76.1 Å². The zero-order chi connectivity index (χ0) is 18.0. The summed E-state index contributed by atoms with van der Waals surface area (Å²) < 4.78 is 5.80. The van der Waals surface area contributed by atoms with Crippen LogP contribution < -0.4 is 10.5 Å². The molecule has 3 rings (SSSR count). The van der Waals surface area contributed by atoms with Gasteiger partial charge in [-0.3, -0.25) is 4.79 Å². The van der Waals surface area contributed by atoms with Crippen molar-refractivity contribution in [2.75, 3.05) is 0 Å². The Balaban J connectivity index is 2.23. The number of nitrogens with zero attached hydrogens (tertiary/aromatic N) is 1. The zero-order valence-corrected chi connectivity index (χ0v) is 14.1. The molecule has 0 unspecified atom stereocenters. The molecule has 0 saturated carbocycles. The number of nitrogens with two attached hydrogens (primary N) is 1. The monoisotopic (exact) mass is 330 g/mol. The van der Waals surface area contributed by atoms with Gasteiger partial charge >= 0.3 is 0 Å². The minimum atomic E-state index is -0.513. The molecule has 0 atom stereocenters. The molecule has 4 nitrogen and oxygen atoms in total. The predicted octanol–water partition coefficient (Wildman–Crippen LogP) is 4.26. The first-order valence-electron chi connectivity index (χ1n) is 8.03. The molecule has 0 spiro atoms. The highest BCUT2D eigenvalue weighted by atomic mass is 16.5. The summed E-state index contributed by atoms with van der Waals surface area (Å²) in [5, 5.41) is 10.8. The van der Waals surface area contributed by atoms with Crippen LogP contribution in [-0.4, -0.2) is 12.0 Å². The Hall–Kier alpha value is -3.32. The fourth-order valence-corrected chi connectivity index (χ4v) is 2.83. The van der Waals surface area contributed by atoms with Crippen LogP contribution in [0, 0.1) is 11.3 Å². The molecule has 0 fully saturated rings. The second kappa shape index (κ2) is 6.66. The van der Waals surface area contributed by atoms with Gasteiger partial charge in [0.15, 0.2) is 0 Å². The molecule has 0 bridgehead atoms. The van der Waals surface area contributed by atoms with E-state index in [1.54, 1.807) is 18.2 Å². The summed E-state index contributed by atoms with van der Waals surface area (Å²) in [5.74, 6) is -0.0302. The van der Waals surface area contributed by atoms with Crippen LogP contribution in [0.3, 0.4) is 0 Å². The molecule has 0 aliphatic carbocycles. The van der Waals surface area contributed by atoms with Crippen molar-refractivity contribution in [3.63, 3.8) is 0 Å². The van der Waals surface area contributed by atoms with Crippen molar-refractivity contribution in [3.8, 4) is 22.9 Å². The van der Waals surface area contributed by atoms with E-state index in [0.29, 0.717) is 16.9 Å². The molecule has 3 aromatic rings. The van der Waals surface area contributed by atoms with Crippen LogP contribution in [0.25, 0.3) is 21.9 Å². The average Bonchev–Trinajstić information content (AvgIpc) is 2.60. The van der Waals surface area contributed by atoms with E-state index in [2.05, 4.69) is 6.07 Å². The van der Waals surface area contributed by atoms with Gasteiger partial charge in [-0.15, -0.1) is 0 Å². The van der Waals surface area contributed by atoms with Crippen molar-refractivity contribution in [1.82, 2.24) is 0 Å². The third-order valence-corrected chi connectivity index (χ3v) is 3.93. The maximum absolute atomic E-state index is 11.8. The summed E-state index contributed by atoms with van der Waals surface area (Å²) in [4.78, 5) is 11.8. The van der Waals surface area contributed by atoms with E-state index in [9.17, 15) is 4.79 Å². The van der Waals surface area contributed by atoms with E-state index in [0.717, 1.165) is 21.9 Å². The third kappa shape index (κ3) is 3.31. The number of amides is 1. The second-order valence-corrected chi connectivity index (χ2v) is 6.10. The van der Waals surface area contributed by atoms with Crippen molar-refractivity contribution in [3.05, 3.63) is 65.7 Å². The van der Waals surface area contributed by atoms with Crippen LogP contribution in [0.5, 0.6) is 5.75 Å². The largest absolute Gasteiger partial charge is 0.490 e. The maximum Gasteiger partial charge on any atom is 0.252 e. The molecule has 0 radical (unpaired) electrons. The van der Waals surface area contributed by atoms with Crippen LogP contribution in [0.4, 0.5) is 0 Å². The number of hydrogen-bond acceptors (Lipinski definition) is 3. The molecule has 124 valence electrons. The van der Waals surface area contributed by atoms with Crippen molar-refractivity contribution < 1.29 is 9.53 Å². The van der Waals surface area contributed by atoms with E-state index in [-0.39, 0.29) is 6.10 Å². The lowest BCUT2D eigenvalue weighted by molar-refractivity contribution is 0.0995. The minimum Gasteiger partial charge on any atom is -0.490 e. The lowest BCUT2D eigenvalue weighted by atomic mass is 9.95. The molecule has 0 aliphatic rings. The van der Waals surface area contributed by atoms with Gasteiger partial charge in [0.05, 0.1) is 23.3 Å². The number of carbonyl (C=O) groups excluding carboxylic acids is 1. The summed E-state index contributed by atoms with van der Waals surface area (Å²) in [6.07, 6.45) is -0.0716. The number of ether oxygens (including phenoxy) is 1. The minimum absolute atomic E-state index is 0.0716. The highest BCUT2D eigenvalue weighted by molar-refractivity contribution is 6.04. The van der Waals surface area contributed by atoms with E-state index < -0.39 is 5.91 Å². The first-order chi connectivity index (χ1) is 12.0. The first kappa shape index (κ1) is 16.5. The molecule has 1 amide bonds. The first-order valence-corrected chi connectivity index (χ1v) is 8.03. The predicted molar refractivity (Wildman–Crippen MR) is 98.4 cm³/mol. The maximum atomic E-state index is 11.8. The summed E-state index contributed by atoms with van der Waals surface area (Å²) in [5.41, 5.74) is 8.50. The fourth-order valence-electron chi connectivity index (χ4n) is 2.83. The summed E-state index contributed by atoms with van der Waals surface area (Å²) in [6.45, 7) is 3.81. The fraction of sp³-hybridized carbons (Fsp3) is 0.143. The van der Waals surface area contributed by atoms with Gasteiger partial charge < -0.3 is 10.5 Å². The van der Waals surface area contributed by atoms with Crippen LogP contribution in [0.1, 0.15) is 29.8 Å². The molecule has 4 heteroatoms. The summed E-state index contributed by atoms with van der Waals surface area (Å²) >= 11 is 0. The lowest BCUT2D eigenvalue weighted by Gasteiger charge is -2.15. The van der Waals surface area contributed by atoms with Gasteiger partial charge in [0, 0.05) is 0 Å². The molecular weight excluding hydrogens is 312 g/mol. The highest BCUT2D eigenvalue weighted by Crippen LogP contribution is 2.34. The molecule has 0 heterocycles. The number of carbonyl (C=O) groups is 1. The Labute approximate surface area is 146 Å². The molecule has 2 N–H and O–H groups in total. The molecule has 3 aromatic carbocycles.